The average Bonchev–Trinajstić information content (AvgIpc) is 3.37. The normalized spacial score (nSPS) is 48.0. The lowest BCUT2D eigenvalue weighted by molar-refractivity contribution is -0.241. The molecule has 32 heavy (non-hydrogen) atoms. The minimum atomic E-state index is -0.746. The molecular weight excluding hydrogens is 407 g/mol. The first-order valence-electron chi connectivity index (χ1n) is 13.2. The molecule has 1 aliphatic heterocycles. The van der Waals surface area contributed by atoms with E-state index in [-0.39, 0.29) is 22.7 Å². The van der Waals surface area contributed by atoms with Crippen molar-refractivity contribution < 1.29 is 23.4 Å². The minimum absolute atomic E-state index is 0.0659. The summed E-state index contributed by atoms with van der Waals surface area (Å²) in [6, 6.07) is 0. The Labute approximate surface area is 193 Å². The van der Waals surface area contributed by atoms with Gasteiger partial charge < -0.3 is 14.2 Å². The molecule has 1 saturated heterocycles. The van der Waals surface area contributed by atoms with Crippen LogP contribution in [0.2, 0.25) is 0 Å². The van der Waals surface area contributed by atoms with Gasteiger partial charge >= 0.3 is 5.97 Å². The molecule has 4 nitrogen and oxygen atoms in total. The lowest BCUT2D eigenvalue weighted by Gasteiger charge is -2.62. The van der Waals surface area contributed by atoms with Crippen molar-refractivity contribution in [1.82, 2.24) is 0 Å². The fraction of sp³-hybridized carbons (Fsp3) is 0.963. The summed E-state index contributed by atoms with van der Waals surface area (Å²) in [6.07, 6.45) is 9.03. The van der Waals surface area contributed by atoms with Crippen LogP contribution in [0.1, 0.15) is 85.0 Å². The summed E-state index contributed by atoms with van der Waals surface area (Å²) in [6.45, 7) is 8.53. The van der Waals surface area contributed by atoms with E-state index in [1.54, 1.807) is 0 Å². The average molecular weight is 451 g/mol. The SMILES string of the molecule is COC(=O)CC[C@@H](C)[C@H]1CC[C@H]2[C@@H]3C[C@@H](F)[C@@H]4CC5(CC[C@]4(C)[C@H]3CC[C@]12C)OCCO5. The van der Waals surface area contributed by atoms with Crippen LogP contribution in [-0.2, 0) is 19.0 Å². The van der Waals surface area contributed by atoms with Crippen LogP contribution in [0.15, 0.2) is 0 Å². The second kappa shape index (κ2) is 8.22. The number of rotatable bonds is 4. The second-order valence-corrected chi connectivity index (χ2v) is 12.4. The topological polar surface area (TPSA) is 44.8 Å². The summed E-state index contributed by atoms with van der Waals surface area (Å²) in [5.74, 6) is 2.36. The molecule has 4 saturated carbocycles. The Morgan fingerprint density at radius 2 is 1.75 bits per heavy atom. The van der Waals surface area contributed by atoms with Crippen LogP contribution in [0, 0.1) is 46.3 Å². The van der Waals surface area contributed by atoms with E-state index in [0.29, 0.717) is 49.2 Å². The number of fused-ring (bicyclic) bond motifs is 5. The van der Waals surface area contributed by atoms with Crippen molar-refractivity contribution in [3.05, 3.63) is 0 Å². The van der Waals surface area contributed by atoms with Gasteiger partial charge in [-0.3, -0.25) is 4.79 Å². The second-order valence-electron chi connectivity index (χ2n) is 12.4. The molecule has 5 rings (SSSR count). The van der Waals surface area contributed by atoms with Gasteiger partial charge in [0.25, 0.3) is 0 Å². The maximum Gasteiger partial charge on any atom is 0.305 e. The van der Waals surface area contributed by atoms with Crippen LogP contribution in [0.25, 0.3) is 0 Å². The highest BCUT2D eigenvalue weighted by Crippen LogP contribution is 2.69. The van der Waals surface area contributed by atoms with Crippen LogP contribution in [0.5, 0.6) is 0 Å². The zero-order valence-electron chi connectivity index (χ0n) is 20.5. The van der Waals surface area contributed by atoms with Crippen molar-refractivity contribution in [2.75, 3.05) is 20.3 Å². The van der Waals surface area contributed by atoms with Crippen molar-refractivity contribution in [2.24, 2.45) is 46.3 Å². The zero-order valence-corrected chi connectivity index (χ0v) is 20.5. The van der Waals surface area contributed by atoms with E-state index in [0.717, 1.165) is 32.1 Å². The predicted molar refractivity (Wildman–Crippen MR) is 121 cm³/mol. The van der Waals surface area contributed by atoms with Crippen LogP contribution in [0.3, 0.4) is 0 Å². The van der Waals surface area contributed by atoms with Crippen molar-refractivity contribution >= 4 is 5.97 Å². The number of esters is 1. The molecule has 9 atom stereocenters. The third-order valence-electron chi connectivity index (χ3n) is 11.2. The molecule has 0 radical (unpaired) electrons. The summed E-state index contributed by atoms with van der Waals surface area (Å²) in [7, 11) is 1.48. The molecule has 0 N–H and O–H groups in total. The highest BCUT2D eigenvalue weighted by atomic mass is 19.1. The van der Waals surface area contributed by atoms with E-state index in [9.17, 15) is 4.79 Å². The van der Waals surface area contributed by atoms with E-state index in [4.69, 9.17) is 14.2 Å². The number of alkyl halides is 1. The summed E-state index contributed by atoms with van der Waals surface area (Å²) < 4.78 is 32.8. The molecule has 0 aromatic carbocycles. The fourth-order valence-corrected chi connectivity index (χ4v) is 9.56. The summed E-state index contributed by atoms with van der Waals surface area (Å²) in [5.41, 5.74) is 0.353. The van der Waals surface area contributed by atoms with E-state index < -0.39 is 12.0 Å². The molecule has 1 heterocycles. The van der Waals surface area contributed by atoms with Gasteiger partial charge in [-0.2, -0.15) is 0 Å². The molecule has 0 aromatic rings. The maximum atomic E-state index is 15.9. The fourth-order valence-electron chi connectivity index (χ4n) is 9.56. The number of carbonyl (C=O) groups excluding carboxylic acids is 1. The number of halogens is 1. The molecule has 0 amide bonds. The quantitative estimate of drug-likeness (QED) is 0.498. The molecule has 5 aliphatic rings. The van der Waals surface area contributed by atoms with Crippen LogP contribution < -0.4 is 0 Å². The van der Waals surface area contributed by atoms with Crippen molar-refractivity contribution in [1.29, 1.82) is 0 Å². The lowest BCUT2D eigenvalue weighted by atomic mass is 9.43. The van der Waals surface area contributed by atoms with Crippen LogP contribution in [0.4, 0.5) is 4.39 Å². The molecule has 5 fully saturated rings. The molecule has 1 spiro atoms. The summed E-state index contributed by atoms with van der Waals surface area (Å²) in [4.78, 5) is 11.7. The minimum Gasteiger partial charge on any atom is -0.469 e. The van der Waals surface area contributed by atoms with Crippen LogP contribution >= 0.6 is 0 Å². The molecule has 5 heteroatoms. The Balaban J connectivity index is 1.33. The van der Waals surface area contributed by atoms with E-state index in [2.05, 4.69) is 20.8 Å². The number of carbonyl (C=O) groups is 1. The molecule has 0 bridgehead atoms. The van der Waals surface area contributed by atoms with Gasteiger partial charge in [-0.25, -0.2) is 4.39 Å². The van der Waals surface area contributed by atoms with Gasteiger partial charge in [0.05, 0.1) is 20.3 Å². The molecule has 0 aromatic heterocycles. The summed E-state index contributed by atoms with van der Waals surface area (Å²) >= 11 is 0. The highest BCUT2D eigenvalue weighted by molar-refractivity contribution is 5.69. The van der Waals surface area contributed by atoms with Crippen LogP contribution in [-0.4, -0.2) is 38.3 Å². The third kappa shape index (κ3) is 3.47. The number of hydrogen-bond acceptors (Lipinski definition) is 4. The Hall–Kier alpha value is -0.680. The number of methoxy groups -OCH3 is 1. The van der Waals surface area contributed by atoms with Gasteiger partial charge in [-0.1, -0.05) is 20.8 Å². The van der Waals surface area contributed by atoms with E-state index in [1.807, 2.05) is 0 Å². The van der Waals surface area contributed by atoms with Gasteiger partial charge in [0.2, 0.25) is 0 Å². The lowest BCUT2D eigenvalue weighted by Crippen LogP contribution is -2.59. The number of hydrogen-bond donors (Lipinski definition) is 0. The molecule has 4 aliphatic carbocycles. The first kappa shape index (κ1) is 23.1. The summed E-state index contributed by atoms with van der Waals surface area (Å²) in [5, 5.41) is 0. The Morgan fingerprint density at radius 3 is 2.47 bits per heavy atom. The molecule has 182 valence electrons. The monoisotopic (exact) mass is 450 g/mol. The first-order valence-corrected chi connectivity index (χ1v) is 13.2. The Morgan fingerprint density at radius 1 is 1.03 bits per heavy atom. The van der Waals surface area contributed by atoms with Gasteiger partial charge in [0, 0.05) is 25.2 Å². The third-order valence-corrected chi connectivity index (χ3v) is 11.2. The van der Waals surface area contributed by atoms with Crippen molar-refractivity contribution in [3.63, 3.8) is 0 Å². The Bertz CT molecular complexity index is 720. The van der Waals surface area contributed by atoms with Crippen molar-refractivity contribution in [2.45, 2.75) is 96.9 Å². The smallest absolute Gasteiger partial charge is 0.305 e. The molecule has 0 unspecified atom stereocenters. The molecular formula is C27H43FO4. The first-order chi connectivity index (χ1) is 15.2. The van der Waals surface area contributed by atoms with Gasteiger partial charge in [0.15, 0.2) is 5.79 Å². The van der Waals surface area contributed by atoms with Crippen molar-refractivity contribution in [3.8, 4) is 0 Å². The van der Waals surface area contributed by atoms with E-state index >= 15 is 4.39 Å². The van der Waals surface area contributed by atoms with Gasteiger partial charge in [-0.05, 0) is 85.4 Å². The maximum absolute atomic E-state index is 15.9. The predicted octanol–water partition coefficient (Wildman–Crippen LogP) is 5.93. The highest BCUT2D eigenvalue weighted by Gasteiger charge is 2.64. The zero-order chi connectivity index (χ0) is 22.7. The number of ether oxygens (including phenoxy) is 3. The van der Waals surface area contributed by atoms with Gasteiger partial charge in [-0.15, -0.1) is 0 Å². The van der Waals surface area contributed by atoms with Gasteiger partial charge in [0.1, 0.15) is 6.17 Å². The largest absolute Gasteiger partial charge is 0.469 e. The standard InChI is InChI=1S/C27H43FO4/c1-17(5-8-24(29)30-4)19-6-7-20-18-15-23(28)22-16-27(31-13-14-32-27)12-11-26(22,3)21(18)9-10-25(19,20)2/h17-23H,5-16H2,1-4H3/t17-,18+,19-,20+,21+,22+,23-,25-,26-/m1/s1. The Kier molecular flexibility index (Phi) is 5.93. The van der Waals surface area contributed by atoms with E-state index in [1.165, 1.54) is 32.8 Å².